The molecule has 0 spiro atoms. The van der Waals surface area contributed by atoms with Gasteiger partial charge >= 0.3 is 5.97 Å². The Morgan fingerprint density at radius 1 is 1.50 bits per heavy atom. The summed E-state index contributed by atoms with van der Waals surface area (Å²) in [6.07, 6.45) is 0. The molecule has 1 atom stereocenters. The van der Waals surface area contributed by atoms with Crippen LogP contribution in [-0.2, 0) is 14.3 Å². The lowest BCUT2D eigenvalue weighted by Crippen LogP contribution is -2.32. The largest absolute Gasteiger partial charge is 0.506 e. The lowest BCUT2D eigenvalue weighted by molar-refractivity contribution is -0.143. The Morgan fingerprint density at radius 2 is 2.22 bits per heavy atom. The van der Waals surface area contributed by atoms with Crippen molar-refractivity contribution >= 4 is 17.6 Å². The number of ether oxygens (including phenoxy) is 2. The molecular weight excluding hydrogens is 258 g/mol. The minimum atomic E-state index is -0.636. The van der Waals surface area contributed by atoms with Crippen LogP contribution in [0, 0.1) is 0 Å². The highest BCUT2D eigenvalue weighted by molar-refractivity contribution is 6.32. The molecule has 0 amide bonds. The van der Waals surface area contributed by atoms with E-state index in [4.69, 9.17) is 21.1 Å². The third kappa shape index (κ3) is 3.87. The summed E-state index contributed by atoms with van der Waals surface area (Å²) in [4.78, 5) is 11.7. The van der Waals surface area contributed by atoms with E-state index >= 15 is 0 Å². The molecule has 0 bridgehead atoms. The molecule has 0 heterocycles. The number of esters is 1. The lowest BCUT2D eigenvalue weighted by atomic mass is 10.1. The molecule has 0 fully saturated rings. The van der Waals surface area contributed by atoms with Crippen molar-refractivity contribution in [3.8, 4) is 5.75 Å². The first-order valence-electron chi connectivity index (χ1n) is 5.38. The van der Waals surface area contributed by atoms with Crippen LogP contribution in [0.4, 0.5) is 0 Å². The van der Waals surface area contributed by atoms with Crippen LogP contribution in [0.1, 0.15) is 11.6 Å². The Hall–Kier alpha value is -1.30. The van der Waals surface area contributed by atoms with Crippen molar-refractivity contribution in [1.82, 2.24) is 5.32 Å². The fourth-order valence-corrected chi connectivity index (χ4v) is 1.65. The monoisotopic (exact) mass is 273 g/mol. The predicted octanol–water partition coefficient (Wildman–Crippen LogP) is 1.50. The van der Waals surface area contributed by atoms with E-state index in [1.165, 1.54) is 19.2 Å². The van der Waals surface area contributed by atoms with Gasteiger partial charge in [0.2, 0.25) is 0 Å². The first kappa shape index (κ1) is 14.8. The number of phenolic OH excluding ortho intramolecular Hbond substituents is 1. The number of benzene rings is 1. The lowest BCUT2D eigenvalue weighted by Gasteiger charge is -2.17. The van der Waals surface area contributed by atoms with Crippen LogP contribution >= 0.6 is 11.6 Å². The highest BCUT2D eigenvalue weighted by atomic mass is 35.5. The summed E-state index contributed by atoms with van der Waals surface area (Å²) in [6.45, 7) is 0.966. The SMILES string of the molecule is COCCNC(C(=O)OC)c1ccc(O)c(Cl)c1. The molecule has 2 N–H and O–H groups in total. The Morgan fingerprint density at radius 3 is 2.78 bits per heavy atom. The van der Waals surface area contributed by atoms with Crippen LogP contribution in [0.5, 0.6) is 5.75 Å². The van der Waals surface area contributed by atoms with Gasteiger partial charge in [-0.25, -0.2) is 4.79 Å². The molecule has 1 rings (SSSR count). The van der Waals surface area contributed by atoms with E-state index in [2.05, 4.69) is 5.32 Å². The van der Waals surface area contributed by atoms with Crippen molar-refractivity contribution in [3.05, 3.63) is 28.8 Å². The number of rotatable bonds is 6. The molecule has 0 saturated heterocycles. The molecule has 0 aliphatic carbocycles. The van der Waals surface area contributed by atoms with Gasteiger partial charge in [0, 0.05) is 13.7 Å². The maximum atomic E-state index is 11.7. The number of halogens is 1. The maximum absolute atomic E-state index is 11.7. The number of carbonyl (C=O) groups excluding carboxylic acids is 1. The van der Waals surface area contributed by atoms with Crippen LogP contribution in [-0.4, -0.2) is 38.4 Å². The zero-order chi connectivity index (χ0) is 13.5. The zero-order valence-electron chi connectivity index (χ0n) is 10.3. The second kappa shape index (κ2) is 7.20. The number of carbonyl (C=O) groups is 1. The van der Waals surface area contributed by atoms with Gasteiger partial charge in [-0.1, -0.05) is 17.7 Å². The van der Waals surface area contributed by atoms with E-state index in [1.54, 1.807) is 13.2 Å². The Bertz CT molecular complexity index is 411. The molecule has 5 nitrogen and oxygen atoms in total. The van der Waals surface area contributed by atoms with E-state index in [-0.39, 0.29) is 10.8 Å². The number of hydrogen-bond donors (Lipinski definition) is 2. The molecule has 1 aromatic carbocycles. The van der Waals surface area contributed by atoms with Gasteiger partial charge in [0.15, 0.2) is 0 Å². The van der Waals surface area contributed by atoms with Gasteiger partial charge in [-0.2, -0.15) is 0 Å². The average molecular weight is 274 g/mol. The van der Waals surface area contributed by atoms with Crippen molar-refractivity contribution in [3.63, 3.8) is 0 Å². The molecule has 18 heavy (non-hydrogen) atoms. The number of phenols is 1. The number of aromatic hydroxyl groups is 1. The van der Waals surface area contributed by atoms with E-state index in [9.17, 15) is 9.90 Å². The Balaban J connectivity index is 2.87. The summed E-state index contributed by atoms with van der Waals surface area (Å²) >= 11 is 5.81. The van der Waals surface area contributed by atoms with Crippen molar-refractivity contribution in [2.24, 2.45) is 0 Å². The number of hydrogen-bond acceptors (Lipinski definition) is 5. The fraction of sp³-hybridized carbons (Fsp3) is 0.417. The van der Waals surface area contributed by atoms with E-state index in [1.807, 2.05) is 0 Å². The van der Waals surface area contributed by atoms with Gasteiger partial charge in [0.1, 0.15) is 11.8 Å². The minimum absolute atomic E-state index is 0.0269. The highest BCUT2D eigenvalue weighted by Crippen LogP contribution is 2.27. The summed E-state index contributed by atoms with van der Waals surface area (Å²) in [7, 11) is 2.89. The van der Waals surface area contributed by atoms with Crippen molar-refractivity contribution in [2.75, 3.05) is 27.4 Å². The molecule has 100 valence electrons. The van der Waals surface area contributed by atoms with Crippen molar-refractivity contribution in [1.29, 1.82) is 0 Å². The minimum Gasteiger partial charge on any atom is -0.506 e. The first-order chi connectivity index (χ1) is 8.60. The van der Waals surface area contributed by atoms with Gasteiger partial charge in [-0.05, 0) is 17.7 Å². The van der Waals surface area contributed by atoms with Crippen molar-refractivity contribution in [2.45, 2.75) is 6.04 Å². The second-order valence-corrected chi connectivity index (χ2v) is 4.02. The average Bonchev–Trinajstić information content (AvgIpc) is 2.37. The van der Waals surface area contributed by atoms with E-state index < -0.39 is 12.0 Å². The summed E-state index contributed by atoms with van der Waals surface area (Å²) < 4.78 is 9.62. The first-order valence-corrected chi connectivity index (χ1v) is 5.76. The van der Waals surface area contributed by atoms with Crippen LogP contribution in [0.15, 0.2) is 18.2 Å². The highest BCUT2D eigenvalue weighted by Gasteiger charge is 2.21. The smallest absolute Gasteiger partial charge is 0.327 e. The third-order valence-corrected chi connectivity index (χ3v) is 2.70. The predicted molar refractivity (Wildman–Crippen MR) is 67.8 cm³/mol. The Kier molecular flexibility index (Phi) is 5.91. The van der Waals surface area contributed by atoms with Crippen LogP contribution in [0.3, 0.4) is 0 Å². The molecule has 0 aromatic heterocycles. The van der Waals surface area contributed by atoms with Crippen LogP contribution in [0.2, 0.25) is 5.02 Å². The summed E-state index contributed by atoms with van der Waals surface area (Å²) in [6, 6.07) is 3.94. The fourth-order valence-electron chi connectivity index (χ4n) is 1.46. The zero-order valence-corrected chi connectivity index (χ0v) is 11.0. The molecule has 6 heteroatoms. The van der Waals surface area contributed by atoms with E-state index in [0.29, 0.717) is 18.7 Å². The molecule has 0 radical (unpaired) electrons. The maximum Gasteiger partial charge on any atom is 0.327 e. The van der Waals surface area contributed by atoms with Gasteiger partial charge in [-0.3, -0.25) is 5.32 Å². The summed E-state index contributed by atoms with van der Waals surface area (Å²) in [5, 5.41) is 12.5. The molecule has 1 aromatic rings. The van der Waals surface area contributed by atoms with Gasteiger partial charge in [0.25, 0.3) is 0 Å². The van der Waals surface area contributed by atoms with Crippen LogP contribution in [0.25, 0.3) is 0 Å². The van der Waals surface area contributed by atoms with Gasteiger partial charge in [-0.15, -0.1) is 0 Å². The van der Waals surface area contributed by atoms with Gasteiger partial charge < -0.3 is 14.6 Å². The Labute approximate surface area is 111 Å². The second-order valence-electron chi connectivity index (χ2n) is 3.61. The number of methoxy groups -OCH3 is 2. The quantitative estimate of drug-likeness (QED) is 0.607. The molecule has 1 unspecified atom stereocenters. The standard InChI is InChI=1S/C12H16ClNO4/c1-17-6-5-14-11(12(16)18-2)8-3-4-10(15)9(13)7-8/h3-4,7,11,14-15H,5-6H2,1-2H3. The summed E-state index contributed by atoms with van der Waals surface area (Å²) in [5.74, 6) is -0.450. The molecule has 0 aliphatic heterocycles. The molecule has 0 aliphatic rings. The summed E-state index contributed by atoms with van der Waals surface area (Å²) in [5.41, 5.74) is 0.626. The molecule has 0 saturated carbocycles. The normalized spacial score (nSPS) is 12.2. The number of nitrogens with one attached hydrogen (secondary N) is 1. The third-order valence-electron chi connectivity index (χ3n) is 2.40. The topological polar surface area (TPSA) is 67.8 Å². The van der Waals surface area contributed by atoms with Gasteiger partial charge in [0.05, 0.1) is 18.7 Å². The van der Waals surface area contributed by atoms with Crippen molar-refractivity contribution < 1.29 is 19.4 Å². The molecular formula is C12H16ClNO4. The van der Waals surface area contributed by atoms with E-state index in [0.717, 1.165) is 0 Å². The van der Waals surface area contributed by atoms with Crippen LogP contribution < -0.4 is 5.32 Å².